The molecule has 0 heterocycles. The molecule has 2 aromatic carbocycles. The summed E-state index contributed by atoms with van der Waals surface area (Å²) in [6.07, 6.45) is 13.6. The summed E-state index contributed by atoms with van der Waals surface area (Å²) in [5.74, 6) is -0.466. The number of nitrogens with two attached hydrogens (primary N) is 1. The first-order valence-electron chi connectivity index (χ1n) is 11.7. The Morgan fingerprint density at radius 2 is 1.30 bits per heavy atom. The van der Waals surface area contributed by atoms with Crippen molar-refractivity contribution in [2.75, 3.05) is 5.32 Å². The molecule has 0 unspecified atom stereocenters. The number of carbonyl (C=O) groups excluding carboxylic acids is 2. The standard InChI is InChI=1S/C29H30N2O2/c1-2-3-4-5-6-7-20-8-10-21(11-9-20)22-12-14-23(15-13-22)31-25-17-19-26(32)28-24(30)16-18-27(33)29(25)28/h8-19,31H,2-7,30H2,1H3. The second kappa shape index (κ2) is 10.3. The van der Waals surface area contributed by atoms with Gasteiger partial charge >= 0.3 is 0 Å². The normalized spacial score (nSPS) is 15.3. The molecule has 2 aliphatic carbocycles. The van der Waals surface area contributed by atoms with E-state index in [4.69, 9.17) is 5.73 Å². The third-order valence-electron chi connectivity index (χ3n) is 6.14. The van der Waals surface area contributed by atoms with Crippen molar-refractivity contribution < 1.29 is 9.59 Å². The highest BCUT2D eigenvalue weighted by Crippen LogP contribution is 2.30. The lowest BCUT2D eigenvalue weighted by Gasteiger charge is -2.21. The van der Waals surface area contributed by atoms with Crippen molar-refractivity contribution in [3.63, 3.8) is 0 Å². The Balaban J connectivity index is 1.44. The minimum Gasteiger partial charge on any atom is -0.398 e. The van der Waals surface area contributed by atoms with Crippen molar-refractivity contribution in [1.82, 2.24) is 0 Å². The Labute approximate surface area is 195 Å². The molecule has 0 amide bonds. The lowest BCUT2D eigenvalue weighted by atomic mass is 9.86. The van der Waals surface area contributed by atoms with Gasteiger partial charge in [-0.05, 0) is 66.0 Å². The number of rotatable bonds is 9. The van der Waals surface area contributed by atoms with E-state index in [0.29, 0.717) is 17.0 Å². The van der Waals surface area contributed by atoms with Gasteiger partial charge in [-0.15, -0.1) is 0 Å². The number of aryl methyl sites for hydroxylation is 1. The first kappa shape index (κ1) is 22.5. The fraction of sp³-hybridized carbons (Fsp3) is 0.241. The van der Waals surface area contributed by atoms with Crippen LogP contribution in [0.15, 0.2) is 95.4 Å². The number of hydrogen-bond acceptors (Lipinski definition) is 4. The smallest absolute Gasteiger partial charge is 0.188 e. The van der Waals surface area contributed by atoms with Crippen LogP contribution in [-0.2, 0) is 16.0 Å². The van der Waals surface area contributed by atoms with Gasteiger partial charge in [0.2, 0.25) is 0 Å². The van der Waals surface area contributed by atoms with E-state index in [2.05, 4.69) is 48.6 Å². The maximum Gasteiger partial charge on any atom is 0.188 e. The molecule has 4 rings (SSSR count). The largest absolute Gasteiger partial charge is 0.398 e. The van der Waals surface area contributed by atoms with E-state index in [-0.39, 0.29) is 17.1 Å². The number of hydrogen-bond donors (Lipinski definition) is 2. The van der Waals surface area contributed by atoms with Crippen molar-refractivity contribution >= 4 is 17.3 Å². The third kappa shape index (κ3) is 5.23. The van der Waals surface area contributed by atoms with Gasteiger partial charge in [-0.3, -0.25) is 9.59 Å². The van der Waals surface area contributed by atoms with Crippen LogP contribution in [0.3, 0.4) is 0 Å². The molecule has 0 radical (unpaired) electrons. The SMILES string of the molecule is CCCCCCCc1ccc(-c2ccc(NC3=C4C(=O)C=CC(N)=C4C(=O)C=C3)cc2)cc1. The molecule has 4 nitrogen and oxygen atoms in total. The number of anilines is 1. The summed E-state index contributed by atoms with van der Waals surface area (Å²) in [4.78, 5) is 24.7. The van der Waals surface area contributed by atoms with Crippen LogP contribution in [0.4, 0.5) is 5.69 Å². The molecule has 0 fully saturated rings. The monoisotopic (exact) mass is 438 g/mol. The van der Waals surface area contributed by atoms with Crippen LogP contribution in [0.5, 0.6) is 0 Å². The van der Waals surface area contributed by atoms with Crippen LogP contribution in [0.25, 0.3) is 11.1 Å². The summed E-state index contributed by atoms with van der Waals surface area (Å²) in [5, 5.41) is 3.27. The summed E-state index contributed by atoms with van der Waals surface area (Å²) in [5.41, 5.74) is 12.0. The van der Waals surface area contributed by atoms with Gasteiger partial charge in [-0.25, -0.2) is 0 Å². The molecule has 0 saturated carbocycles. The fourth-order valence-electron chi connectivity index (χ4n) is 4.26. The maximum atomic E-state index is 12.4. The summed E-state index contributed by atoms with van der Waals surface area (Å²) < 4.78 is 0. The average Bonchev–Trinajstić information content (AvgIpc) is 2.83. The molecule has 3 N–H and O–H groups in total. The summed E-state index contributed by atoms with van der Waals surface area (Å²) in [7, 11) is 0. The van der Waals surface area contributed by atoms with Gasteiger partial charge in [0, 0.05) is 11.4 Å². The Kier molecular flexibility index (Phi) is 7.04. The molecule has 2 aromatic rings. The molecule has 4 heteroatoms. The van der Waals surface area contributed by atoms with Crippen LogP contribution in [0, 0.1) is 0 Å². The van der Waals surface area contributed by atoms with Gasteiger partial charge < -0.3 is 11.1 Å². The van der Waals surface area contributed by atoms with Gasteiger partial charge in [0.15, 0.2) is 11.6 Å². The van der Waals surface area contributed by atoms with Gasteiger partial charge in [-0.2, -0.15) is 0 Å². The lowest BCUT2D eigenvalue weighted by Crippen LogP contribution is -2.24. The first-order chi connectivity index (χ1) is 16.1. The molecular weight excluding hydrogens is 408 g/mol. The highest BCUT2D eigenvalue weighted by molar-refractivity contribution is 6.23. The Bertz CT molecular complexity index is 1160. The van der Waals surface area contributed by atoms with Crippen LogP contribution < -0.4 is 11.1 Å². The first-order valence-corrected chi connectivity index (χ1v) is 11.7. The minimum atomic E-state index is -0.245. The summed E-state index contributed by atoms with van der Waals surface area (Å²) >= 11 is 0. The van der Waals surface area contributed by atoms with Crippen LogP contribution >= 0.6 is 0 Å². The highest BCUT2D eigenvalue weighted by atomic mass is 16.1. The Morgan fingerprint density at radius 3 is 2.00 bits per heavy atom. The van der Waals surface area contributed by atoms with Gasteiger partial charge in [0.25, 0.3) is 0 Å². The van der Waals surface area contributed by atoms with Gasteiger partial charge in [-0.1, -0.05) is 69.0 Å². The zero-order chi connectivity index (χ0) is 23.2. The Hall–Kier alpha value is -3.66. The van der Waals surface area contributed by atoms with E-state index in [1.54, 1.807) is 6.08 Å². The van der Waals surface area contributed by atoms with E-state index < -0.39 is 0 Å². The molecule has 0 saturated heterocycles. The summed E-state index contributed by atoms with van der Waals surface area (Å²) in [6.45, 7) is 2.24. The van der Waals surface area contributed by atoms with Crippen molar-refractivity contribution in [2.24, 2.45) is 5.73 Å². The van der Waals surface area contributed by atoms with E-state index in [1.807, 2.05) is 12.1 Å². The quantitative estimate of drug-likeness (QED) is 0.469. The van der Waals surface area contributed by atoms with Crippen LogP contribution in [-0.4, -0.2) is 11.6 Å². The van der Waals surface area contributed by atoms with Gasteiger partial charge in [0.1, 0.15) is 0 Å². The fourth-order valence-corrected chi connectivity index (χ4v) is 4.26. The number of carbonyl (C=O) groups is 2. The number of benzene rings is 2. The highest BCUT2D eigenvalue weighted by Gasteiger charge is 2.29. The molecule has 33 heavy (non-hydrogen) atoms. The van der Waals surface area contributed by atoms with E-state index >= 15 is 0 Å². The maximum absolute atomic E-state index is 12.4. The number of unbranched alkanes of at least 4 members (excludes halogenated alkanes) is 4. The predicted octanol–water partition coefficient (Wildman–Crippen LogP) is 6.02. The number of ketones is 2. The lowest BCUT2D eigenvalue weighted by molar-refractivity contribution is -0.114. The molecule has 0 spiro atoms. The molecule has 0 atom stereocenters. The van der Waals surface area contributed by atoms with Crippen LogP contribution in [0.1, 0.15) is 44.6 Å². The molecule has 0 aliphatic heterocycles. The number of allylic oxidation sites excluding steroid dienone is 6. The Morgan fingerprint density at radius 1 is 0.697 bits per heavy atom. The van der Waals surface area contributed by atoms with E-state index in [1.165, 1.54) is 61.5 Å². The zero-order valence-electron chi connectivity index (χ0n) is 19.1. The van der Waals surface area contributed by atoms with Crippen molar-refractivity contribution in [1.29, 1.82) is 0 Å². The zero-order valence-corrected chi connectivity index (χ0v) is 19.1. The van der Waals surface area contributed by atoms with Gasteiger partial charge in [0.05, 0.1) is 16.8 Å². The molecule has 0 bridgehead atoms. The van der Waals surface area contributed by atoms with Crippen molar-refractivity contribution in [2.45, 2.75) is 45.4 Å². The summed E-state index contributed by atoms with van der Waals surface area (Å²) in [6, 6.07) is 16.9. The number of nitrogens with one attached hydrogen (secondary N) is 1. The topological polar surface area (TPSA) is 72.2 Å². The molecule has 0 aromatic heterocycles. The number of fused-ring (bicyclic) bond motifs is 1. The molecular formula is C29H30N2O2. The second-order valence-electron chi connectivity index (χ2n) is 8.58. The van der Waals surface area contributed by atoms with Crippen molar-refractivity contribution in [3.05, 3.63) is 101 Å². The van der Waals surface area contributed by atoms with Crippen LogP contribution in [0.2, 0.25) is 0 Å². The second-order valence-corrected chi connectivity index (χ2v) is 8.58. The van der Waals surface area contributed by atoms with Crippen molar-refractivity contribution in [3.8, 4) is 11.1 Å². The predicted molar refractivity (Wildman–Crippen MR) is 134 cm³/mol. The molecule has 2 aliphatic rings. The van der Waals surface area contributed by atoms with E-state index in [9.17, 15) is 9.59 Å². The third-order valence-corrected chi connectivity index (χ3v) is 6.14. The van der Waals surface area contributed by atoms with E-state index in [0.717, 1.165) is 17.7 Å². The average molecular weight is 439 g/mol. The minimum absolute atomic E-state index is 0.221. The molecule has 168 valence electrons.